The molecule has 0 bridgehead atoms. The van der Waals surface area contributed by atoms with Crippen LogP contribution >= 0.6 is 0 Å². The Balaban J connectivity index is 1.96. The van der Waals surface area contributed by atoms with Gasteiger partial charge in [-0.05, 0) is 38.3 Å². The van der Waals surface area contributed by atoms with E-state index in [1.807, 2.05) is 43.1 Å². The van der Waals surface area contributed by atoms with Crippen LogP contribution in [0.25, 0.3) is 5.82 Å². The zero-order valence-corrected chi connectivity index (χ0v) is 11.2. The van der Waals surface area contributed by atoms with Gasteiger partial charge in [0.15, 0.2) is 5.82 Å². The highest BCUT2D eigenvalue weighted by atomic mass is 16.5. The quantitative estimate of drug-likeness (QED) is 0.793. The van der Waals surface area contributed by atoms with Crippen molar-refractivity contribution in [3.8, 4) is 5.82 Å². The van der Waals surface area contributed by atoms with Gasteiger partial charge in [0.1, 0.15) is 5.69 Å². The first-order valence-electron chi connectivity index (χ1n) is 6.61. The molecular formula is C14H17N3O2. The standard InChI is InChI=1S/C14H17N3O2/c1-3-19-14(18)13-10(2)6-8-16(13)12-7-9-17(15-12)11-4-5-11/h6-9,11H,3-5H2,1-2H3. The van der Waals surface area contributed by atoms with E-state index in [1.165, 1.54) is 12.8 Å². The van der Waals surface area contributed by atoms with Crippen molar-refractivity contribution >= 4 is 5.97 Å². The molecule has 0 spiro atoms. The van der Waals surface area contributed by atoms with Gasteiger partial charge < -0.3 is 4.74 Å². The van der Waals surface area contributed by atoms with Gasteiger partial charge in [-0.1, -0.05) is 0 Å². The Bertz CT molecular complexity index is 608. The highest BCUT2D eigenvalue weighted by Gasteiger charge is 2.25. The maximum absolute atomic E-state index is 12.0. The van der Waals surface area contributed by atoms with Crippen molar-refractivity contribution in [3.63, 3.8) is 0 Å². The Hall–Kier alpha value is -2.04. The molecule has 1 aliphatic rings. The molecule has 2 aromatic rings. The number of esters is 1. The number of hydrogen-bond acceptors (Lipinski definition) is 3. The van der Waals surface area contributed by atoms with Gasteiger partial charge in [-0.3, -0.25) is 9.25 Å². The number of hydrogen-bond donors (Lipinski definition) is 0. The fourth-order valence-electron chi connectivity index (χ4n) is 2.18. The summed E-state index contributed by atoms with van der Waals surface area (Å²) in [4.78, 5) is 12.0. The van der Waals surface area contributed by atoms with Crippen molar-refractivity contribution in [1.82, 2.24) is 14.3 Å². The molecule has 19 heavy (non-hydrogen) atoms. The third-order valence-electron chi connectivity index (χ3n) is 3.32. The predicted molar refractivity (Wildman–Crippen MR) is 70.5 cm³/mol. The van der Waals surface area contributed by atoms with E-state index in [4.69, 9.17) is 4.74 Å². The summed E-state index contributed by atoms with van der Waals surface area (Å²) < 4.78 is 8.87. The van der Waals surface area contributed by atoms with Gasteiger partial charge in [0.25, 0.3) is 0 Å². The normalized spacial score (nSPS) is 14.6. The van der Waals surface area contributed by atoms with Crippen molar-refractivity contribution in [2.45, 2.75) is 32.7 Å². The van der Waals surface area contributed by atoms with Gasteiger partial charge in [-0.15, -0.1) is 0 Å². The summed E-state index contributed by atoms with van der Waals surface area (Å²) in [7, 11) is 0. The molecule has 1 saturated carbocycles. The van der Waals surface area contributed by atoms with E-state index in [0.29, 0.717) is 18.3 Å². The highest BCUT2D eigenvalue weighted by Crippen LogP contribution is 2.34. The van der Waals surface area contributed by atoms with Crippen LogP contribution in [0.3, 0.4) is 0 Å². The smallest absolute Gasteiger partial charge is 0.355 e. The Morgan fingerprint density at radius 3 is 2.89 bits per heavy atom. The number of aromatic nitrogens is 3. The van der Waals surface area contributed by atoms with Crippen molar-refractivity contribution in [3.05, 3.63) is 35.8 Å². The molecule has 2 heterocycles. The molecule has 0 aliphatic heterocycles. The lowest BCUT2D eigenvalue weighted by Crippen LogP contribution is -2.12. The van der Waals surface area contributed by atoms with E-state index < -0.39 is 0 Å². The summed E-state index contributed by atoms with van der Waals surface area (Å²) in [5, 5.41) is 4.53. The van der Waals surface area contributed by atoms with Crippen molar-refractivity contribution in [2.75, 3.05) is 6.61 Å². The average molecular weight is 259 g/mol. The van der Waals surface area contributed by atoms with Crippen LogP contribution in [0.5, 0.6) is 0 Å². The fraction of sp³-hybridized carbons (Fsp3) is 0.429. The summed E-state index contributed by atoms with van der Waals surface area (Å²) in [6, 6.07) is 4.37. The Morgan fingerprint density at radius 1 is 1.42 bits per heavy atom. The van der Waals surface area contributed by atoms with Gasteiger partial charge in [0, 0.05) is 18.5 Å². The molecule has 2 aromatic heterocycles. The molecule has 1 fully saturated rings. The predicted octanol–water partition coefficient (Wildman–Crippen LogP) is 2.49. The fourth-order valence-corrected chi connectivity index (χ4v) is 2.18. The topological polar surface area (TPSA) is 49.0 Å². The van der Waals surface area contributed by atoms with Crippen LogP contribution in [-0.2, 0) is 4.74 Å². The minimum atomic E-state index is -0.300. The first kappa shape index (κ1) is 12.0. The van der Waals surface area contributed by atoms with Crippen LogP contribution in [0.1, 0.15) is 41.9 Å². The zero-order chi connectivity index (χ0) is 13.4. The first-order chi connectivity index (χ1) is 9.20. The third kappa shape index (κ3) is 2.16. The van der Waals surface area contributed by atoms with Gasteiger partial charge in [0.05, 0.1) is 12.6 Å². The lowest BCUT2D eigenvalue weighted by Gasteiger charge is -2.07. The second-order valence-corrected chi connectivity index (χ2v) is 4.82. The van der Waals surface area contributed by atoms with E-state index in [1.54, 1.807) is 4.57 Å². The number of carbonyl (C=O) groups excluding carboxylic acids is 1. The Kier molecular flexibility index (Phi) is 2.89. The maximum Gasteiger partial charge on any atom is 0.355 e. The van der Waals surface area contributed by atoms with E-state index >= 15 is 0 Å². The number of aryl methyl sites for hydroxylation is 1. The molecular weight excluding hydrogens is 242 g/mol. The molecule has 5 heteroatoms. The van der Waals surface area contributed by atoms with Crippen LogP contribution < -0.4 is 0 Å². The van der Waals surface area contributed by atoms with Crippen LogP contribution in [0.2, 0.25) is 0 Å². The lowest BCUT2D eigenvalue weighted by molar-refractivity contribution is 0.0516. The van der Waals surface area contributed by atoms with Gasteiger partial charge >= 0.3 is 5.97 Å². The summed E-state index contributed by atoms with van der Waals surface area (Å²) >= 11 is 0. The van der Waals surface area contributed by atoms with E-state index in [9.17, 15) is 4.79 Å². The minimum absolute atomic E-state index is 0.300. The summed E-state index contributed by atoms with van der Waals surface area (Å²) in [5.74, 6) is 0.467. The monoisotopic (exact) mass is 259 g/mol. The second-order valence-electron chi connectivity index (χ2n) is 4.82. The third-order valence-corrected chi connectivity index (χ3v) is 3.32. The van der Waals surface area contributed by atoms with E-state index in [2.05, 4.69) is 5.10 Å². The summed E-state index contributed by atoms with van der Waals surface area (Å²) in [6.07, 6.45) is 6.21. The van der Waals surface area contributed by atoms with Crippen LogP contribution in [0, 0.1) is 6.92 Å². The summed E-state index contributed by atoms with van der Waals surface area (Å²) in [6.45, 7) is 4.09. The SMILES string of the molecule is CCOC(=O)c1c(C)ccn1-c1ccn(C2CC2)n1. The molecule has 0 atom stereocenters. The number of ether oxygens (including phenoxy) is 1. The second kappa shape index (κ2) is 4.57. The molecule has 0 radical (unpaired) electrons. The molecule has 0 N–H and O–H groups in total. The molecule has 3 rings (SSSR count). The van der Waals surface area contributed by atoms with Crippen molar-refractivity contribution in [1.29, 1.82) is 0 Å². The number of rotatable bonds is 4. The van der Waals surface area contributed by atoms with Crippen LogP contribution in [-0.4, -0.2) is 26.9 Å². The average Bonchev–Trinajstić information content (AvgIpc) is 2.99. The molecule has 5 nitrogen and oxygen atoms in total. The molecule has 0 amide bonds. The van der Waals surface area contributed by atoms with Crippen molar-refractivity contribution in [2.24, 2.45) is 0 Å². The van der Waals surface area contributed by atoms with Crippen LogP contribution in [0.15, 0.2) is 24.5 Å². The molecule has 0 saturated heterocycles. The summed E-state index contributed by atoms with van der Waals surface area (Å²) in [5.41, 5.74) is 1.46. The Labute approximate surface area is 111 Å². The van der Waals surface area contributed by atoms with E-state index in [0.717, 1.165) is 11.4 Å². The zero-order valence-electron chi connectivity index (χ0n) is 11.2. The largest absolute Gasteiger partial charge is 0.461 e. The van der Waals surface area contributed by atoms with Crippen molar-refractivity contribution < 1.29 is 9.53 Å². The van der Waals surface area contributed by atoms with Crippen LogP contribution in [0.4, 0.5) is 0 Å². The van der Waals surface area contributed by atoms with Gasteiger partial charge in [-0.25, -0.2) is 4.79 Å². The first-order valence-corrected chi connectivity index (χ1v) is 6.61. The number of carbonyl (C=O) groups is 1. The van der Waals surface area contributed by atoms with Gasteiger partial charge in [-0.2, -0.15) is 5.10 Å². The highest BCUT2D eigenvalue weighted by molar-refractivity contribution is 5.90. The minimum Gasteiger partial charge on any atom is -0.461 e. The van der Waals surface area contributed by atoms with E-state index in [-0.39, 0.29) is 5.97 Å². The lowest BCUT2D eigenvalue weighted by atomic mass is 10.3. The number of nitrogens with zero attached hydrogens (tertiary/aromatic N) is 3. The molecule has 1 aliphatic carbocycles. The molecule has 0 unspecified atom stereocenters. The maximum atomic E-state index is 12.0. The van der Waals surface area contributed by atoms with Gasteiger partial charge in [0.2, 0.25) is 0 Å². The Morgan fingerprint density at radius 2 is 2.21 bits per heavy atom. The molecule has 100 valence electrons. The molecule has 0 aromatic carbocycles.